The number of carbonyl (C=O) groups is 2. The van der Waals surface area contributed by atoms with Gasteiger partial charge in [-0.15, -0.1) is 11.3 Å². The minimum Gasteiger partial charge on any atom is -0.321 e. The number of aryl methyl sites for hydroxylation is 1. The standard InChI is InChI=1S/C15H15NO2S/c1-3-11-8-9-14(19-11)15(18)16-13-7-5-4-6-12(13)10(2)17/h4-9H,3H2,1-2H3,(H,16,18). The molecule has 1 aromatic carbocycles. The van der Waals surface area contributed by atoms with Crippen LogP contribution in [-0.2, 0) is 6.42 Å². The summed E-state index contributed by atoms with van der Waals surface area (Å²) in [6.07, 6.45) is 0.919. The van der Waals surface area contributed by atoms with E-state index in [0.29, 0.717) is 16.1 Å². The number of ketones is 1. The summed E-state index contributed by atoms with van der Waals surface area (Å²) < 4.78 is 0. The van der Waals surface area contributed by atoms with Crippen LogP contribution in [-0.4, -0.2) is 11.7 Å². The van der Waals surface area contributed by atoms with Crippen LogP contribution in [0.1, 0.15) is 38.8 Å². The van der Waals surface area contributed by atoms with Crippen LogP contribution in [0.25, 0.3) is 0 Å². The molecule has 0 radical (unpaired) electrons. The Balaban J connectivity index is 2.21. The van der Waals surface area contributed by atoms with Crippen molar-refractivity contribution in [3.63, 3.8) is 0 Å². The van der Waals surface area contributed by atoms with Crippen molar-refractivity contribution >= 4 is 28.7 Å². The summed E-state index contributed by atoms with van der Waals surface area (Å²) in [6.45, 7) is 3.55. The second-order valence-electron chi connectivity index (χ2n) is 4.18. The van der Waals surface area contributed by atoms with Gasteiger partial charge in [-0.05, 0) is 37.6 Å². The number of para-hydroxylation sites is 1. The van der Waals surface area contributed by atoms with Crippen LogP contribution >= 0.6 is 11.3 Å². The molecule has 0 fully saturated rings. The van der Waals surface area contributed by atoms with Gasteiger partial charge in [-0.1, -0.05) is 19.1 Å². The Labute approximate surface area is 116 Å². The number of nitrogens with one attached hydrogen (secondary N) is 1. The average Bonchev–Trinajstić information content (AvgIpc) is 2.88. The zero-order valence-electron chi connectivity index (χ0n) is 10.9. The van der Waals surface area contributed by atoms with Gasteiger partial charge in [0.25, 0.3) is 5.91 Å². The highest BCUT2D eigenvalue weighted by molar-refractivity contribution is 7.14. The Bertz CT molecular complexity index is 616. The molecule has 0 aliphatic carbocycles. The first-order chi connectivity index (χ1) is 9.11. The molecular formula is C15H15NO2S. The van der Waals surface area contributed by atoms with E-state index < -0.39 is 0 Å². The maximum atomic E-state index is 12.1. The third-order valence-electron chi connectivity index (χ3n) is 2.79. The smallest absolute Gasteiger partial charge is 0.265 e. The zero-order valence-corrected chi connectivity index (χ0v) is 11.7. The van der Waals surface area contributed by atoms with Gasteiger partial charge >= 0.3 is 0 Å². The number of amides is 1. The molecule has 0 atom stereocenters. The second kappa shape index (κ2) is 5.80. The lowest BCUT2D eigenvalue weighted by atomic mass is 10.1. The number of hydrogen-bond donors (Lipinski definition) is 1. The lowest BCUT2D eigenvalue weighted by molar-refractivity contribution is 0.101. The third-order valence-corrected chi connectivity index (χ3v) is 4.02. The monoisotopic (exact) mass is 273 g/mol. The molecule has 19 heavy (non-hydrogen) atoms. The first kappa shape index (κ1) is 13.5. The van der Waals surface area contributed by atoms with E-state index in [4.69, 9.17) is 0 Å². The Morgan fingerprint density at radius 1 is 1.16 bits per heavy atom. The zero-order chi connectivity index (χ0) is 13.8. The van der Waals surface area contributed by atoms with Gasteiger partial charge in [0.15, 0.2) is 5.78 Å². The van der Waals surface area contributed by atoms with Crippen LogP contribution in [0.15, 0.2) is 36.4 Å². The molecule has 3 nitrogen and oxygen atoms in total. The molecule has 98 valence electrons. The summed E-state index contributed by atoms with van der Waals surface area (Å²) in [7, 11) is 0. The molecule has 0 spiro atoms. The lowest BCUT2D eigenvalue weighted by Gasteiger charge is -2.07. The molecule has 0 saturated heterocycles. The number of benzene rings is 1. The maximum absolute atomic E-state index is 12.1. The van der Waals surface area contributed by atoms with Gasteiger partial charge in [-0.3, -0.25) is 9.59 Å². The van der Waals surface area contributed by atoms with Gasteiger partial charge < -0.3 is 5.32 Å². The third kappa shape index (κ3) is 3.09. The van der Waals surface area contributed by atoms with Crippen molar-refractivity contribution in [1.82, 2.24) is 0 Å². The molecule has 2 rings (SSSR count). The van der Waals surface area contributed by atoms with Crippen LogP contribution in [0.2, 0.25) is 0 Å². The van der Waals surface area contributed by atoms with Crippen molar-refractivity contribution in [3.8, 4) is 0 Å². The van der Waals surface area contributed by atoms with Crippen LogP contribution < -0.4 is 5.32 Å². The topological polar surface area (TPSA) is 46.2 Å². The van der Waals surface area contributed by atoms with Gasteiger partial charge in [0.05, 0.1) is 10.6 Å². The highest BCUT2D eigenvalue weighted by Gasteiger charge is 2.12. The van der Waals surface area contributed by atoms with Crippen LogP contribution in [0, 0.1) is 0 Å². The number of carbonyl (C=O) groups excluding carboxylic acids is 2. The summed E-state index contributed by atoms with van der Waals surface area (Å²) in [6, 6.07) is 10.8. The Morgan fingerprint density at radius 3 is 2.53 bits per heavy atom. The van der Waals surface area contributed by atoms with Crippen molar-refractivity contribution in [2.75, 3.05) is 5.32 Å². The number of thiophene rings is 1. The van der Waals surface area contributed by atoms with Gasteiger partial charge in [-0.25, -0.2) is 0 Å². The van der Waals surface area contributed by atoms with Crippen molar-refractivity contribution in [3.05, 3.63) is 51.7 Å². The predicted molar refractivity (Wildman–Crippen MR) is 78.1 cm³/mol. The van der Waals surface area contributed by atoms with Gasteiger partial charge in [-0.2, -0.15) is 0 Å². The molecule has 0 unspecified atom stereocenters. The predicted octanol–water partition coefficient (Wildman–Crippen LogP) is 3.77. The van der Waals surface area contributed by atoms with E-state index in [2.05, 4.69) is 12.2 Å². The lowest BCUT2D eigenvalue weighted by Crippen LogP contribution is -2.12. The van der Waals surface area contributed by atoms with E-state index in [1.165, 1.54) is 23.1 Å². The molecule has 0 aliphatic heterocycles. The summed E-state index contributed by atoms with van der Waals surface area (Å²) in [5.74, 6) is -0.227. The average molecular weight is 273 g/mol. The van der Waals surface area contributed by atoms with Crippen molar-refractivity contribution in [2.24, 2.45) is 0 Å². The van der Waals surface area contributed by atoms with E-state index in [-0.39, 0.29) is 11.7 Å². The quantitative estimate of drug-likeness (QED) is 0.862. The molecular weight excluding hydrogens is 258 g/mol. The summed E-state index contributed by atoms with van der Waals surface area (Å²) in [5, 5.41) is 2.80. The minimum atomic E-state index is -0.168. The van der Waals surface area contributed by atoms with Crippen molar-refractivity contribution < 1.29 is 9.59 Å². The summed E-state index contributed by atoms with van der Waals surface area (Å²) >= 11 is 1.48. The number of rotatable bonds is 4. The summed E-state index contributed by atoms with van der Waals surface area (Å²) in [5.41, 5.74) is 1.09. The van der Waals surface area contributed by atoms with Gasteiger partial charge in [0.1, 0.15) is 0 Å². The number of Topliss-reactive ketones (excluding diaryl/α,β-unsaturated/α-hetero) is 1. The molecule has 2 aromatic rings. The van der Waals surface area contributed by atoms with E-state index in [1.807, 2.05) is 12.1 Å². The maximum Gasteiger partial charge on any atom is 0.265 e. The highest BCUT2D eigenvalue weighted by atomic mass is 32.1. The Kier molecular flexibility index (Phi) is 4.12. The van der Waals surface area contributed by atoms with Crippen LogP contribution in [0.4, 0.5) is 5.69 Å². The number of anilines is 1. The molecule has 0 saturated carbocycles. The minimum absolute atomic E-state index is 0.0590. The molecule has 4 heteroatoms. The van der Waals surface area contributed by atoms with Crippen LogP contribution in [0.5, 0.6) is 0 Å². The normalized spacial score (nSPS) is 10.2. The largest absolute Gasteiger partial charge is 0.321 e. The SMILES string of the molecule is CCc1ccc(C(=O)Nc2ccccc2C(C)=O)s1. The highest BCUT2D eigenvalue weighted by Crippen LogP contribution is 2.20. The Hall–Kier alpha value is -1.94. The molecule has 0 bridgehead atoms. The molecule has 1 aromatic heterocycles. The second-order valence-corrected chi connectivity index (χ2v) is 5.34. The van der Waals surface area contributed by atoms with Crippen molar-refractivity contribution in [1.29, 1.82) is 0 Å². The molecule has 0 aliphatic rings. The fraction of sp³-hybridized carbons (Fsp3) is 0.200. The van der Waals surface area contributed by atoms with Crippen molar-refractivity contribution in [2.45, 2.75) is 20.3 Å². The fourth-order valence-electron chi connectivity index (χ4n) is 1.77. The number of hydrogen-bond acceptors (Lipinski definition) is 3. The molecule has 1 N–H and O–H groups in total. The van der Waals surface area contributed by atoms with E-state index >= 15 is 0 Å². The van der Waals surface area contributed by atoms with E-state index in [1.54, 1.807) is 24.3 Å². The Morgan fingerprint density at radius 2 is 1.89 bits per heavy atom. The van der Waals surface area contributed by atoms with Crippen LogP contribution in [0.3, 0.4) is 0 Å². The first-order valence-corrected chi connectivity index (χ1v) is 6.93. The van der Waals surface area contributed by atoms with E-state index in [0.717, 1.165) is 6.42 Å². The fourth-order valence-corrected chi connectivity index (χ4v) is 2.62. The molecule has 1 heterocycles. The molecule has 1 amide bonds. The van der Waals surface area contributed by atoms with E-state index in [9.17, 15) is 9.59 Å². The summed E-state index contributed by atoms with van der Waals surface area (Å²) in [4.78, 5) is 25.4. The van der Waals surface area contributed by atoms with Gasteiger partial charge in [0, 0.05) is 10.4 Å². The van der Waals surface area contributed by atoms with Gasteiger partial charge in [0.2, 0.25) is 0 Å². The first-order valence-electron chi connectivity index (χ1n) is 6.12.